The standard InChI is InChI=1S/C14H15FN2/c1-16-13-10-11(15)8-9-14(13)17(2)12-6-4-3-5-7-12/h3-10,16H,1-2H3. The molecule has 0 aliphatic rings. The number of hydrogen-bond acceptors (Lipinski definition) is 2. The number of para-hydroxylation sites is 1. The summed E-state index contributed by atoms with van der Waals surface area (Å²) in [6, 6.07) is 14.7. The molecule has 0 bridgehead atoms. The molecule has 0 spiro atoms. The van der Waals surface area contributed by atoms with E-state index in [2.05, 4.69) is 5.32 Å². The van der Waals surface area contributed by atoms with Gasteiger partial charge in [-0.15, -0.1) is 0 Å². The van der Waals surface area contributed by atoms with Crippen molar-refractivity contribution in [3.8, 4) is 0 Å². The van der Waals surface area contributed by atoms with Crippen LogP contribution in [0.5, 0.6) is 0 Å². The Labute approximate surface area is 101 Å². The lowest BCUT2D eigenvalue weighted by atomic mass is 10.2. The Morgan fingerprint density at radius 3 is 2.41 bits per heavy atom. The van der Waals surface area contributed by atoms with Gasteiger partial charge in [0.05, 0.1) is 11.4 Å². The Hall–Kier alpha value is -2.03. The summed E-state index contributed by atoms with van der Waals surface area (Å²) in [6.07, 6.45) is 0. The Morgan fingerprint density at radius 1 is 1.06 bits per heavy atom. The molecule has 2 aromatic rings. The number of benzene rings is 2. The van der Waals surface area contributed by atoms with Crippen LogP contribution in [0.4, 0.5) is 21.5 Å². The van der Waals surface area contributed by atoms with Gasteiger partial charge in [0.2, 0.25) is 0 Å². The second-order valence-electron chi connectivity index (χ2n) is 3.81. The summed E-state index contributed by atoms with van der Waals surface area (Å²) >= 11 is 0. The summed E-state index contributed by atoms with van der Waals surface area (Å²) in [5.74, 6) is -0.237. The molecule has 0 amide bonds. The third kappa shape index (κ3) is 2.38. The normalized spacial score (nSPS) is 10.1. The molecule has 2 aromatic carbocycles. The van der Waals surface area contributed by atoms with Gasteiger partial charge in [-0.3, -0.25) is 0 Å². The summed E-state index contributed by atoms with van der Waals surface area (Å²) in [7, 11) is 3.75. The second-order valence-corrected chi connectivity index (χ2v) is 3.81. The molecule has 0 aromatic heterocycles. The van der Waals surface area contributed by atoms with E-state index in [4.69, 9.17) is 0 Å². The van der Waals surface area contributed by atoms with Gasteiger partial charge >= 0.3 is 0 Å². The maximum Gasteiger partial charge on any atom is 0.125 e. The maximum atomic E-state index is 13.1. The first-order chi connectivity index (χ1) is 8.22. The average Bonchev–Trinajstić information content (AvgIpc) is 2.39. The van der Waals surface area contributed by atoms with E-state index in [-0.39, 0.29) is 5.82 Å². The first kappa shape index (κ1) is 11.5. The molecule has 0 atom stereocenters. The van der Waals surface area contributed by atoms with Gasteiger partial charge in [0.15, 0.2) is 0 Å². The van der Waals surface area contributed by atoms with Crippen molar-refractivity contribution in [1.82, 2.24) is 0 Å². The zero-order valence-electron chi connectivity index (χ0n) is 9.94. The minimum Gasteiger partial charge on any atom is -0.386 e. The third-order valence-electron chi connectivity index (χ3n) is 2.73. The van der Waals surface area contributed by atoms with Crippen molar-refractivity contribution in [2.45, 2.75) is 0 Å². The molecule has 0 heterocycles. The van der Waals surface area contributed by atoms with Crippen LogP contribution in [0.3, 0.4) is 0 Å². The van der Waals surface area contributed by atoms with Gasteiger partial charge in [0.1, 0.15) is 5.82 Å². The molecule has 0 fully saturated rings. The number of rotatable bonds is 3. The highest BCUT2D eigenvalue weighted by molar-refractivity contribution is 5.75. The highest BCUT2D eigenvalue weighted by Crippen LogP contribution is 2.30. The van der Waals surface area contributed by atoms with Crippen molar-refractivity contribution in [2.24, 2.45) is 0 Å². The third-order valence-corrected chi connectivity index (χ3v) is 2.73. The smallest absolute Gasteiger partial charge is 0.125 e. The largest absolute Gasteiger partial charge is 0.386 e. The van der Waals surface area contributed by atoms with Crippen LogP contribution in [0.15, 0.2) is 48.5 Å². The Bertz CT molecular complexity index is 497. The predicted octanol–water partition coefficient (Wildman–Crippen LogP) is 3.64. The lowest BCUT2D eigenvalue weighted by Crippen LogP contribution is -2.11. The number of halogens is 1. The molecule has 2 nitrogen and oxygen atoms in total. The van der Waals surface area contributed by atoms with E-state index < -0.39 is 0 Å². The molecular weight excluding hydrogens is 215 g/mol. The van der Waals surface area contributed by atoms with E-state index >= 15 is 0 Å². The minimum atomic E-state index is -0.237. The molecule has 0 aliphatic carbocycles. The van der Waals surface area contributed by atoms with Gasteiger partial charge in [-0.05, 0) is 30.3 Å². The van der Waals surface area contributed by atoms with Gasteiger partial charge in [-0.1, -0.05) is 18.2 Å². The fourth-order valence-corrected chi connectivity index (χ4v) is 1.79. The van der Waals surface area contributed by atoms with Crippen molar-refractivity contribution < 1.29 is 4.39 Å². The Kier molecular flexibility index (Phi) is 3.28. The second kappa shape index (κ2) is 4.87. The van der Waals surface area contributed by atoms with Crippen LogP contribution in [0, 0.1) is 5.82 Å². The van der Waals surface area contributed by atoms with Gasteiger partial charge in [-0.25, -0.2) is 4.39 Å². The fourth-order valence-electron chi connectivity index (χ4n) is 1.79. The Balaban J connectivity index is 2.40. The molecule has 0 radical (unpaired) electrons. The summed E-state index contributed by atoms with van der Waals surface area (Å²) in [6.45, 7) is 0. The molecule has 0 saturated carbocycles. The van der Waals surface area contributed by atoms with E-state index in [1.54, 1.807) is 13.1 Å². The lowest BCUT2D eigenvalue weighted by molar-refractivity contribution is 0.628. The van der Waals surface area contributed by atoms with Crippen LogP contribution in [0.1, 0.15) is 0 Å². The van der Waals surface area contributed by atoms with Crippen molar-refractivity contribution in [3.63, 3.8) is 0 Å². The first-order valence-corrected chi connectivity index (χ1v) is 5.48. The van der Waals surface area contributed by atoms with Crippen molar-refractivity contribution in [2.75, 3.05) is 24.3 Å². The maximum absolute atomic E-state index is 13.1. The molecule has 0 aliphatic heterocycles. The van der Waals surface area contributed by atoms with Crippen LogP contribution < -0.4 is 10.2 Å². The van der Waals surface area contributed by atoms with Crippen molar-refractivity contribution in [3.05, 3.63) is 54.3 Å². The summed E-state index contributed by atoms with van der Waals surface area (Å²) in [5, 5.41) is 3.01. The molecule has 0 unspecified atom stereocenters. The number of nitrogens with one attached hydrogen (secondary N) is 1. The van der Waals surface area contributed by atoms with Crippen molar-refractivity contribution >= 4 is 17.1 Å². The van der Waals surface area contributed by atoms with Crippen LogP contribution in [-0.4, -0.2) is 14.1 Å². The van der Waals surface area contributed by atoms with Crippen LogP contribution in [0.25, 0.3) is 0 Å². The number of nitrogens with zero attached hydrogens (tertiary/aromatic N) is 1. The average molecular weight is 230 g/mol. The first-order valence-electron chi connectivity index (χ1n) is 5.48. The van der Waals surface area contributed by atoms with E-state index in [1.165, 1.54) is 12.1 Å². The molecule has 17 heavy (non-hydrogen) atoms. The van der Waals surface area contributed by atoms with E-state index in [9.17, 15) is 4.39 Å². The summed E-state index contributed by atoms with van der Waals surface area (Å²) < 4.78 is 13.1. The molecule has 88 valence electrons. The zero-order valence-corrected chi connectivity index (χ0v) is 9.94. The van der Waals surface area contributed by atoms with Crippen LogP contribution >= 0.6 is 0 Å². The number of hydrogen-bond donors (Lipinski definition) is 1. The summed E-state index contributed by atoms with van der Waals surface area (Å²) in [5.41, 5.74) is 2.78. The zero-order chi connectivity index (χ0) is 12.3. The quantitative estimate of drug-likeness (QED) is 0.866. The van der Waals surface area contributed by atoms with Gasteiger partial charge in [0.25, 0.3) is 0 Å². The van der Waals surface area contributed by atoms with E-state index in [0.717, 1.165) is 17.1 Å². The van der Waals surface area contributed by atoms with Gasteiger partial charge in [0, 0.05) is 19.8 Å². The molecule has 3 heteroatoms. The van der Waals surface area contributed by atoms with E-state index in [0.29, 0.717) is 0 Å². The highest BCUT2D eigenvalue weighted by atomic mass is 19.1. The highest BCUT2D eigenvalue weighted by Gasteiger charge is 2.08. The van der Waals surface area contributed by atoms with Gasteiger partial charge in [-0.2, -0.15) is 0 Å². The lowest BCUT2D eigenvalue weighted by Gasteiger charge is -2.22. The monoisotopic (exact) mass is 230 g/mol. The molecule has 0 saturated heterocycles. The van der Waals surface area contributed by atoms with Crippen molar-refractivity contribution in [1.29, 1.82) is 0 Å². The predicted molar refractivity (Wildman–Crippen MR) is 70.5 cm³/mol. The van der Waals surface area contributed by atoms with E-state index in [1.807, 2.05) is 42.3 Å². The Morgan fingerprint density at radius 2 is 1.76 bits per heavy atom. The van der Waals surface area contributed by atoms with Gasteiger partial charge < -0.3 is 10.2 Å². The molecular formula is C14H15FN2. The SMILES string of the molecule is CNc1cc(F)ccc1N(C)c1ccccc1. The molecule has 2 rings (SSSR count). The minimum absolute atomic E-state index is 0.237. The topological polar surface area (TPSA) is 15.3 Å². The molecule has 1 N–H and O–H groups in total. The fraction of sp³-hybridized carbons (Fsp3) is 0.143. The van der Waals surface area contributed by atoms with Crippen LogP contribution in [-0.2, 0) is 0 Å². The van der Waals surface area contributed by atoms with Crippen LogP contribution in [0.2, 0.25) is 0 Å². The summed E-state index contributed by atoms with van der Waals surface area (Å²) in [4.78, 5) is 2.02. The number of anilines is 3.